The minimum absolute atomic E-state index is 0.155. The second kappa shape index (κ2) is 7.20. The van der Waals surface area contributed by atoms with Crippen LogP contribution in [0.2, 0.25) is 0 Å². The zero-order valence-corrected chi connectivity index (χ0v) is 12.8. The van der Waals surface area contributed by atoms with Gasteiger partial charge in [0.1, 0.15) is 0 Å². The van der Waals surface area contributed by atoms with E-state index >= 15 is 0 Å². The molecule has 1 aliphatic heterocycles. The highest BCUT2D eigenvalue weighted by atomic mass is 35.5. The van der Waals surface area contributed by atoms with Crippen LogP contribution in [0.15, 0.2) is 29.2 Å². The van der Waals surface area contributed by atoms with E-state index < -0.39 is 0 Å². The Balaban J connectivity index is 2.11. The molecule has 104 valence electrons. The lowest BCUT2D eigenvalue weighted by atomic mass is 9.99. The van der Waals surface area contributed by atoms with Gasteiger partial charge in [0, 0.05) is 28.9 Å². The van der Waals surface area contributed by atoms with Gasteiger partial charge in [-0.2, -0.15) is 0 Å². The summed E-state index contributed by atoms with van der Waals surface area (Å²) < 4.78 is 0. The molecule has 1 unspecified atom stereocenters. The fourth-order valence-corrected chi connectivity index (χ4v) is 3.25. The Morgan fingerprint density at radius 1 is 1.37 bits per heavy atom. The molecular formula is C15H20ClNOS. The van der Waals surface area contributed by atoms with Gasteiger partial charge < -0.3 is 4.90 Å². The van der Waals surface area contributed by atoms with E-state index in [0.717, 1.165) is 31.4 Å². The molecule has 19 heavy (non-hydrogen) atoms. The summed E-state index contributed by atoms with van der Waals surface area (Å²) in [5.74, 6) is 0.780. The van der Waals surface area contributed by atoms with Crippen LogP contribution >= 0.6 is 23.4 Å². The van der Waals surface area contributed by atoms with Crippen LogP contribution < -0.4 is 0 Å². The lowest BCUT2D eigenvalue weighted by Crippen LogP contribution is -2.43. The summed E-state index contributed by atoms with van der Waals surface area (Å²) >= 11 is 7.54. The average Bonchev–Trinajstić information content (AvgIpc) is 2.47. The van der Waals surface area contributed by atoms with Crippen molar-refractivity contribution < 1.29 is 4.79 Å². The fraction of sp³-hybridized carbons (Fsp3) is 0.533. The Kier molecular flexibility index (Phi) is 5.59. The van der Waals surface area contributed by atoms with Gasteiger partial charge in [0.2, 0.25) is 0 Å². The number of thioether (sulfide) groups is 1. The Morgan fingerprint density at radius 3 is 2.74 bits per heavy atom. The van der Waals surface area contributed by atoms with Crippen LogP contribution in [0.4, 0.5) is 0 Å². The summed E-state index contributed by atoms with van der Waals surface area (Å²) in [4.78, 5) is 15.8. The molecule has 0 N–H and O–H groups in total. The van der Waals surface area contributed by atoms with Gasteiger partial charge in [-0.25, -0.2) is 0 Å². The summed E-state index contributed by atoms with van der Waals surface area (Å²) in [5, 5.41) is 0. The number of rotatable bonds is 4. The van der Waals surface area contributed by atoms with Crippen molar-refractivity contribution in [2.45, 2.75) is 36.6 Å². The van der Waals surface area contributed by atoms with Gasteiger partial charge >= 0.3 is 0 Å². The maximum atomic E-state index is 12.6. The molecule has 1 aliphatic rings. The molecule has 2 rings (SSSR count). The molecule has 0 radical (unpaired) electrons. The number of nitrogens with zero attached hydrogens (tertiary/aromatic N) is 1. The molecular weight excluding hydrogens is 278 g/mol. The maximum absolute atomic E-state index is 12.6. The number of likely N-dealkylation sites (tertiary alicyclic amines) is 1. The van der Waals surface area contributed by atoms with Crippen molar-refractivity contribution in [3.8, 4) is 0 Å². The van der Waals surface area contributed by atoms with E-state index in [-0.39, 0.29) is 5.91 Å². The van der Waals surface area contributed by atoms with Crippen molar-refractivity contribution in [3.63, 3.8) is 0 Å². The Morgan fingerprint density at radius 2 is 2.11 bits per heavy atom. The molecule has 1 fully saturated rings. The predicted octanol–water partition coefficient (Wildman–Crippen LogP) is 4.03. The lowest BCUT2D eigenvalue weighted by Gasteiger charge is -2.35. The standard InChI is InChI=1S/C15H20ClNOS/c1-19-14-7-5-12(6-8-14)15(18)17-11-3-2-4-13(17)9-10-16/h5-8,13H,2-4,9-11H2,1H3. The van der Waals surface area contributed by atoms with E-state index in [1.807, 2.05) is 35.4 Å². The smallest absolute Gasteiger partial charge is 0.254 e. The molecule has 4 heteroatoms. The summed E-state index contributed by atoms with van der Waals surface area (Å²) in [6.07, 6.45) is 6.33. The molecule has 0 bridgehead atoms. The van der Waals surface area contributed by atoms with Crippen LogP contribution in [0.1, 0.15) is 36.0 Å². The maximum Gasteiger partial charge on any atom is 0.254 e. The molecule has 1 amide bonds. The van der Waals surface area contributed by atoms with E-state index in [9.17, 15) is 4.79 Å². The first-order valence-electron chi connectivity index (χ1n) is 6.77. The molecule has 1 atom stereocenters. The fourth-order valence-electron chi connectivity index (χ4n) is 2.59. The largest absolute Gasteiger partial charge is 0.336 e. The number of hydrogen-bond acceptors (Lipinski definition) is 2. The van der Waals surface area contributed by atoms with E-state index in [0.29, 0.717) is 11.9 Å². The number of benzene rings is 1. The molecule has 2 nitrogen and oxygen atoms in total. The number of carbonyl (C=O) groups is 1. The summed E-state index contributed by atoms with van der Waals surface area (Å²) in [5.41, 5.74) is 0.791. The predicted molar refractivity (Wildman–Crippen MR) is 82.2 cm³/mol. The molecule has 1 aromatic rings. The van der Waals surface area contributed by atoms with Crippen LogP contribution in [0.25, 0.3) is 0 Å². The summed E-state index contributed by atoms with van der Waals surface area (Å²) in [6, 6.07) is 8.21. The van der Waals surface area contributed by atoms with Gasteiger partial charge in [0.15, 0.2) is 0 Å². The van der Waals surface area contributed by atoms with E-state index in [2.05, 4.69) is 0 Å². The van der Waals surface area contributed by atoms with Crippen molar-refractivity contribution in [3.05, 3.63) is 29.8 Å². The highest BCUT2D eigenvalue weighted by Crippen LogP contribution is 2.23. The van der Waals surface area contributed by atoms with Gasteiger partial charge in [-0.3, -0.25) is 4.79 Å². The Hall–Kier alpha value is -0.670. The first-order chi connectivity index (χ1) is 9.26. The highest BCUT2D eigenvalue weighted by molar-refractivity contribution is 7.98. The van der Waals surface area contributed by atoms with Crippen molar-refractivity contribution in [2.24, 2.45) is 0 Å². The van der Waals surface area contributed by atoms with Crippen LogP contribution in [-0.4, -0.2) is 35.5 Å². The normalized spacial score (nSPS) is 19.5. The van der Waals surface area contributed by atoms with Crippen LogP contribution in [-0.2, 0) is 0 Å². The number of alkyl halides is 1. The molecule has 0 spiro atoms. The van der Waals surface area contributed by atoms with Gasteiger partial charge in [0.25, 0.3) is 5.91 Å². The number of halogens is 1. The molecule has 1 saturated heterocycles. The third kappa shape index (κ3) is 3.67. The van der Waals surface area contributed by atoms with E-state index in [1.165, 1.54) is 11.3 Å². The SMILES string of the molecule is CSc1ccc(C(=O)N2CCCCC2CCCl)cc1. The van der Waals surface area contributed by atoms with E-state index in [1.54, 1.807) is 11.8 Å². The monoisotopic (exact) mass is 297 g/mol. The average molecular weight is 298 g/mol. The van der Waals surface area contributed by atoms with Gasteiger partial charge in [0.05, 0.1) is 0 Å². The molecule has 1 heterocycles. The van der Waals surface area contributed by atoms with Gasteiger partial charge in [-0.15, -0.1) is 23.4 Å². The summed E-state index contributed by atoms with van der Waals surface area (Å²) in [7, 11) is 0. The quantitative estimate of drug-likeness (QED) is 0.618. The second-order valence-corrected chi connectivity index (χ2v) is 6.11. The minimum atomic E-state index is 0.155. The van der Waals surface area contributed by atoms with Crippen LogP contribution in [0.5, 0.6) is 0 Å². The highest BCUT2D eigenvalue weighted by Gasteiger charge is 2.26. The van der Waals surface area contributed by atoms with Crippen molar-refractivity contribution in [1.82, 2.24) is 4.90 Å². The molecule has 1 aromatic carbocycles. The Bertz CT molecular complexity index is 419. The minimum Gasteiger partial charge on any atom is -0.336 e. The molecule has 0 saturated carbocycles. The first kappa shape index (κ1) is 14.7. The van der Waals surface area contributed by atoms with Crippen molar-refractivity contribution >= 4 is 29.3 Å². The van der Waals surface area contributed by atoms with E-state index in [4.69, 9.17) is 11.6 Å². The van der Waals surface area contributed by atoms with Crippen molar-refractivity contribution in [1.29, 1.82) is 0 Å². The first-order valence-corrected chi connectivity index (χ1v) is 8.53. The number of carbonyl (C=O) groups excluding carboxylic acids is 1. The van der Waals surface area contributed by atoms with Crippen LogP contribution in [0.3, 0.4) is 0 Å². The number of hydrogen-bond donors (Lipinski definition) is 0. The number of amides is 1. The zero-order chi connectivity index (χ0) is 13.7. The third-order valence-corrected chi connectivity index (χ3v) is 4.63. The molecule has 0 aliphatic carbocycles. The lowest BCUT2D eigenvalue weighted by molar-refractivity contribution is 0.0609. The van der Waals surface area contributed by atoms with Gasteiger partial charge in [-0.05, 0) is 56.2 Å². The second-order valence-electron chi connectivity index (χ2n) is 4.85. The number of piperidine rings is 1. The topological polar surface area (TPSA) is 20.3 Å². The van der Waals surface area contributed by atoms with Crippen molar-refractivity contribution in [2.75, 3.05) is 18.7 Å². The zero-order valence-electron chi connectivity index (χ0n) is 11.3. The summed E-state index contributed by atoms with van der Waals surface area (Å²) in [6.45, 7) is 0.866. The van der Waals surface area contributed by atoms with Crippen LogP contribution in [0, 0.1) is 0 Å². The third-order valence-electron chi connectivity index (χ3n) is 3.67. The molecule has 0 aromatic heterocycles. The Labute approximate surface area is 124 Å². The van der Waals surface area contributed by atoms with Gasteiger partial charge in [-0.1, -0.05) is 0 Å².